The van der Waals surface area contributed by atoms with Crippen LogP contribution in [0.3, 0.4) is 0 Å². The van der Waals surface area contributed by atoms with Gasteiger partial charge in [-0.2, -0.15) is 0 Å². The van der Waals surface area contributed by atoms with E-state index in [1.54, 1.807) is 0 Å². The Labute approximate surface area is 171 Å². The minimum absolute atomic E-state index is 0.0997. The topological polar surface area (TPSA) is 52.6 Å². The number of hydrogen-bond acceptors (Lipinski definition) is 4. The van der Waals surface area contributed by atoms with Crippen molar-refractivity contribution in [1.29, 1.82) is 0 Å². The number of benzene rings is 2. The van der Waals surface area contributed by atoms with Crippen LogP contribution in [0.15, 0.2) is 61.7 Å². The standard InChI is InChI=1S/C25H26O4/c1-5-23(26)28-21-11-9-19(15-17(21)3)25(13-7-8-14-25)20-10-12-22(18(4)16-20)29-24(27)6-2/h5-6,9-12,15-16H,1-2,7-8,13-14H2,3-4H3. The Morgan fingerprint density at radius 2 is 1.24 bits per heavy atom. The molecular weight excluding hydrogens is 364 g/mol. The molecule has 2 aromatic rings. The first kappa shape index (κ1) is 20.6. The van der Waals surface area contributed by atoms with Gasteiger partial charge in [-0.25, -0.2) is 9.59 Å². The number of ether oxygens (including phenoxy) is 2. The molecule has 1 aliphatic rings. The molecule has 4 heteroatoms. The van der Waals surface area contributed by atoms with Crippen molar-refractivity contribution in [3.63, 3.8) is 0 Å². The average molecular weight is 390 g/mol. The minimum atomic E-state index is -0.461. The number of hydrogen-bond donors (Lipinski definition) is 0. The van der Waals surface area contributed by atoms with Crippen LogP contribution in [0.2, 0.25) is 0 Å². The van der Waals surface area contributed by atoms with Crippen LogP contribution in [0.25, 0.3) is 0 Å². The van der Waals surface area contributed by atoms with Gasteiger partial charge in [-0.05, 0) is 61.1 Å². The number of carbonyl (C=O) groups is 2. The Morgan fingerprint density at radius 3 is 1.59 bits per heavy atom. The summed E-state index contributed by atoms with van der Waals surface area (Å²) in [5.74, 6) is 0.178. The third-order valence-electron chi connectivity index (χ3n) is 5.67. The lowest BCUT2D eigenvalue weighted by atomic mass is 9.72. The summed E-state index contributed by atoms with van der Waals surface area (Å²) in [4.78, 5) is 23.1. The summed E-state index contributed by atoms with van der Waals surface area (Å²) < 4.78 is 10.6. The van der Waals surface area contributed by atoms with Crippen LogP contribution < -0.4 is 9.47 Å². The van der Waals surface area contributed by atoms with E-state index in [1.807, 2.05) is 38.1 Å². The molecule has 2 aromatic carbocycles. The highest BCUT2D eigenvalue weighted by atomic mass is 16.5. The Morgan fingerprint density at radius 1 is 0.828 bits per heavy atom. The fourth-order valence-electron chi connectivity index (χ4n) is 4.15. The molecule has 0 N–H and O–H groups in total. The summed E-state index contributed by atoms with van der Waals surface area (Å²) in [5, 5.41) is 0. The number of aryl methyl sites for hydroxylation is 2. The molecule has 0 unspecified atom stereocenters. The average Bonchev–Trinajstić information content (AvgIpc) is 3.21. The Bertz CT molecular complexity index is 891. The molecule has 0 aliphatic heterocycles. The van der Waals surface area contributed by atoms with E-state index in [1.165, 1.54) is 11.1 Å². The van der Waals surface area contributed by atoms with Gasteiger partial charge in [-0.3, -0.25) is 0 Å². The first-order chi connectivity index (χ1) is 13.9. The molecule has 0 heterocycles. The zero-order valence-electron chi connectivity index (χ0n) is 17.0. The molecule has 0 saturated heterocycles. The molecule has 0 radical (unpaired) electrons. The zero-order chi connectivity index (χ0) is 21.0. The summed E-state index contributed by atoms with van der Waals surface area (Å²) in [7, 11) is 0. The van der Waals surface area contributed by atoms with E-state index in [-0.39, 0.29) is 5.41 Å². The van der Waals surface area contributed by atoms with Crippen molar-refractivity contribution in [2.45, 2.75) is 44.9 Å². The SMILES string of the molecule is C=CC(=O)Oc1ccc(C2(c3ccc(OC(=O)C=C)c(C)c3)CCCC2)cc1C. The quantitative estimate of drug-likeness (QED) is 0.379. The van der Waals surface area contributed by atoms with Crippen LogP contribution in [0.5, 0.6) is 11.5 Å². The van der Waals surface area contributed by atoms with Crippen molar-refractivity contribution in [2.24, 2.45) is 0 Å². The highest BCUT2D eigenvalue weighted by molar-refractivity contribution is 5.84. The molecular formula is C25H26O4. The van der Waals surface area contributed by atoms with Crippen molar-refractivity contribution < 1.29 is 19.1 Å². The van der Waals surface area contributed by atoms with E-state index in [0.29, 0.717) is 11.5 Å². The lowest BCUT2D eigenvalue weighted by molar-refractivity contribution is -0.129. The molecule has 0 aromatic heterocycles. The molecule has 4 nitrogen and oxygen atoms in total. The van der Waals surface area contributed by atoms with Crippen molar-refractivity contribution >= 4 is 11.9 Å². The predicted molar refractivity (Wildman–Crippen MR) is 113 cm³/mol. The number of carbonyl (C=O) groups excluding carboxylic acids is 2. The summed E-state index contributed by atoms with van der Waals surface area (Å²) in [6.45, 7) is 10.8. The highest BCUT2D eigenvalue weighted by Crippen LogP contribution is 2.48. The van der Waals surface area contributed by atoms with E-state index in [2.05, 4.69) is 25.3 Å². The molecule has 0 amide bonds. The van der Waals surface area contributed by atoms with Crippen LogP contribution in [0.1, 0.15) is 47.9 Å². The molecule has 0 atom stereocenters. The maximum absolute atomic E-state index is 11.5. The third-order valence-corrected chi connectivity index (χ3v) is 5.67. The number of rotatable bonds is 6. The smallest absolute Gasteiger partial charge is 0.335 e. The zero-order valence-corrected chi connectivity index (χ0v) is 17.0. The predicted octanol–water partition coefficient (Wildman–Crippen LogP) is 5.35. The van der Waals surface area contributed by atoms with Crippen molar-refractivity contribution in [2.75, 3.05) is 0 Å². The fraction of sp³-hybridized carbons (Fsp3) is 0.280. The van der Waals surface area contributed by atoms with Gasteiger partial charge in [0.1, 0.15) is 11.5 Å². The number of esters is 2. The summed E-state index contributed by atoms with van der Waals surface area (Å²) in [6.07, 6.45) is 6.72. The van der Waals surface area contributed by atoms with E-state index >= 15 is 0 Å². The summed E-state index contributed by atoms with van der Waals surface area (Å²) in [5.41, 5.74) is 4.15. The van der Waals surface area contributed by atoms with Gasteiger partial charge in [-0.1, -0.05) is 50.3 Å². The van der Waals surface area contributed by atoms with E-state index in [9.17, 15) is 9.59 Å². The summed E-state index contributed by atoms with van der Waals surface area (Å²) in [6, 6.07) is 12.0. The first-order valence-electron chi connectivity index (χ1n) is 9.80. The lowest BCUT2D eigenvalue weighted by Crippen LogP contribution is -2.24. The second-order valence-electron chi connectivity index (χ2n) is 7.50. The van der Waals surface area contributed by atoms with Crippen LogP contribution in [-0.4, -0.2) is 11.9 Å². The van der Waals surface area contributed by atoms with Gasteiger partial charge in [0.2, 0.25) is 0 Å². The van der Waals surface area contributed by atoms with Gasteiger partial charge in [0, 0.05) is 17.6 Å². The van der Waals surface area contributed by atoms with E-state index in [0.717, 1.165) is 49.0 Å². The lowest BCUT2D eigenvalue weighted by Gasteiger charge is -2.31. The van der Waals surface area contributed by atoms with Gasteiger partial charge in [0.25, 0.3) is 0 Å². The molecule has 3 rings (SSSR count). The van der Waals surface area contributed by atoms with Crippen LogP contribution in [0.4, 0.5) is 0 Å². The Kier molecular flexibility index (Phi) is 6.02. The molecule has 1 fully saturated rings. The van der Waals surface area contributed by atoms with Crippen molar-refractivity contribution in [3.05, 3.63) is 84.0 Å². The van der Waals surface area contributed by atoms with Crippen LogP contribution in [-0.2, 0) is 15.0 Å². The molecule has 29 heavy (non-hydrogen) atoms. The van der Waals surface area contributed by atoms with E-state index < -0.39 is 11.9 Å². The second-order valence-corrected chi connectivity index (χ2v) is 7.50. The monoisotopic (exact) mass is 390 g/mol. The van der Waals surface area contributed by atoms with Crippen LogP contribution in [0, 0.1) is 13.8 Å². The normalized spacial score (nSPS) is 14.8. The largest absolute Gasteiger partial charge is 0.423 e. The van der Waals surface area contributed by atoms with Crippen molar-refractivity contribution in [1.82, 2.24) is 0 Å². The Hall–Kier alpha value is -3.14. The highest BCUT2D eigenvalue weighted by Gasteiger charge is 2.38. The van der Waals surface area contributed by atoms with Gasteiger partial charge >= 0.3 is 11.9 Å². The summed E-state index contributed by atoms with van der Waals surface area (Å²) >= 11 is 0. The Balaban J connectivity index is 1.98. The molecule has 0 spiro atoms. The van der Waals surface area contributed by atoms with Crippen LogP contribution >= 0.6 is 0 Å². The van der Waals surface area contributed by atoms with Gasteiger partial charge in [-0.15, -0.1) is 0 Å². The van der Waals surface area contributed by atoms with Gasteiger partial charge in [0.15, 0.2) is 0 Å². The molecule has 0 bridgehead atoms. The van der Waals surface area contributed by atoms with E-state index in [4.69, 9.17) is 9.47 Å². The minimum Gasteiger partial charge on any atom is -0.423 e. The molecule has 1 saturated carbocycles. The molecule has 1 aliphatic carbocycles. The van der Waals surface area contributed by atoms with Gasteiger partial charge in [0.05, 0.1) is 0 Å². The maximum Gasteiger partial charge on any atom is 0.335 e. The van der Waals surface area contributed by atoms with Crippen molar-refractivity contribution in [3.8, 4) is 11.5 Å². The third kappa shape index (κ3) is 4.16. The molecule has 150 valence electrons. The van der Waals surface area contributed by atoms with Gasteiger partial charge < -0.3 is 9.47 Å². The fourth-order valence-corrected chi connectivity index (χ4v) is 4.15. The maximum atomic E-state index is 11.5. The second kappa shape index (κ2) is 8.48. The first-order valence-corrected chi connectivity index (χ1v) is 9.80.